The molecule has 1 heterocycles. The van der Waals surface area contributed by atoms with Crippen LogP contribution in [0.4, 0.5) is 0 Å². The lowest BCUT2D eigenvalue weighted by Gasteiger charge is -2.10. The largest absolute Gasteiger partial charge is 0.418 e. The number of esters is 2. The Kier molecular flexibility index (Phi) is 3.59. The first-order chi connectivity index (χ1) is 8.45. The summed E-state index contributed by atoms with van der Waals surface area (Å²) in [4.78, 5) is 22.8. The molecule has 2 rings (SSSR count). The summed E-state index contributed by atoms with van der Waals surface area (Å²) in [5.41, 5.74) is 0.596. The van der Waals surface area contributed by atoms with E-state index in [1.54, 1.807) is 6.92 Å². The molecule has 0 unspecified atom stereocenters. The Hall–Kier alpha value is -1.52. The fraction of sp³-hybridized carbons (Fsp3) is 0.167. The maximum Gasteiger partial charge on any atom is 0.341 e. The average Bonchev–Trinajstić information content (AvgIpc) is 2.56. The number of benzene rings is 1. The molecule has 1 aromatic carbocycles. The van der Waals surface area contributed by atoms with Gasteiger partial charge in [0, 0.05) is 21.7 Å². The number of halogens is 2. The van der Waals surface area contributed by atoms with E-state index in [1.165, 1.54) is 24.3 Å². The molecule has 18 heavy (non-hydrogen) atoms. The molecule has 0 saturated heterocycles. The molecule has 0 aromatic heterocycles. The van der Waals surface area contributed by atoms with Crippen LogP contribution in [0.25, 0.3) is 0 Å². The molecule has 1 aromatic rings. The van der Waals surface area contributed by atoms with Gasteiger partial charge < -0.3 is 9.47 Å². The van der Waals surface area contributed by atoms with Gasteiger partial charge in [0.1, 0.15) is 0 Å². The second-order valence-corrected chi connectivity index (χ2v) is 4.56. The van der Waals surface area contributed by atoms with E-state index in [9.17, 15) is 9.59 Å². The van der Waals surface area contributed by atoms with Crippen LogP contribution in [0, 0.1) is 0 Å². The van der Waals surface area contributed by atoms with E-state index in [0.29, 0.717) is 15.6 Å². The minimum atomic E-state index is -0.997. The Labute approximate surface area is 113 Å². The molecule has 1 aliphatic heterocycles. The van der Waals surface area contributed by atoms with Gasteiger partial charge in [-0.2, -0.15) is 0 Å². The quantitative estimate of drug-likeness (QED) is 0.785. The summed E-state index contributed by atoms with van der Waals surface area (Å²) in [5, 5.41) is 0.647. The third kappa shape index (κ3) is 2.83. The second-order valence-electron chi connectivity index (χ2n) is 3.69. The molecule has 0 radical (unpaired) electrons. The number of carbonyl (C=O) groups is 2. The number of ether oxygens (including phenoxy) is 2. The highest BCUT2D eigenvalue weighted by Crippen LogP contribution is 2.21. The number of carbonyl (C=O) groups excluding carboxylic acids is 2. The number of hydrogen-bond acceptors (Lipinski definition) is 4. The summed E-state index contributed by atoms with van der Waals surface area (Å²) in [7, 11) is 0. The van der Waals surface area contributed by atoms with Gasteiger partial charge in [-0.25, -0.2) is 9.59 Å². The van der Waals surface area contributed by atoms with Gasteiger partial charge in [-0.3, -0.25) is 0 Å². The van der Waals surface area contributed by atoms with Gasteiger partial charge in [0.25, 0.3) is 6.29 Å². The highest BCUT2D eigenvalue weighted by Gasteiger charge is 2.25. The first-order valence-electron chi connectivity index (χ1n) is 5.02. The molecule has 0 saturated carbocycles. The second kappa shape index (κ2) is 5.00. The van der Waals surface area contributed by atoms with Crippen molar-refractivity contribution in [1.29, 1.82) is 0 Å². The van der Waals surface area contributed by atoms with Crippen LogP contribution in [0.5, 0.6) is 0 Å². The Morgan fingerprint density at radius 3 is 2.39 bits per heavy atom. The number of cyclic esters (lactones) is 1. The van der Waals surface area contributed by atoms with Crippen molar-refractivity contribution >= 4 is 35.1 Å². The molecule has 0 amide bonds. The van der Waals surface area contributed by atoms with Crippen LogP contribution in [0.15, 0.2) is 29.8 Å². The molecule has 0 aliphatic carbocycles. The smallest absolute Gasteiger partial charge is 0.341 e. The highest BCUT2D eigenvalue weighted by molar-refractivity contribution is 6.35. The maximum absolute atomic E-state index is 11.8. The van der Waals surface area contributed by atoms with Crippen LogP contribution in [0.2, 0.25) is 10.0 Å². The Morgan fingerprint density at radius 1 is 1.28 bits per heavy atom. The third-order valence-electron chi connectivity index (χ3n) is 2.25. The molecule has 94 valence electrons. The lowest BCUT2D eigenvalue weighted by molar-refractivity contribution is -0.151. The normalized spacial score (nSPS) is 18.3. The van der Waals surface area contributed by atoms with E-state index in [1.807, 2.05) is 0 Å². The van der Waals surface area contributed by atoms with E-state index in [0.717, 1.165) is 0 Å². The highest BCUT2D eigenvalue weighted by atomic mass is 35.5. The zero-order chi connectivity index (χ0) is 13.3. The molecule has 0 bridgehead atoms. The topological polar surface area (TPSA) is 52.6 Å². The maximum atomic E-state index is 11.8. The van der Waals surface area contributed by atoms with Gasteiger partial charge >= 0.3 is 11.9 Å². The minimum Gasteiger partial charge on any atom is -0.418 e. The number of rotatable bonds is 2. The van der Waals surface area contributed by atoms with Crippen molar-refractivity contribution < 1.29 is 19.1 Å². The van der Waals surface area contributed by atoms with Crippen LogP contribution in [0.1, 0.15) is 17.3 Å². The van der Waals surface area contributed by atoms with Gasteiger partial charge in [-0.1, -0.05) is 23.2 Å². The molecule has 6 heteroatoms. The third-order valence-corrected chi connectivity index (χ3v) is 2.69. The zero-order valence-electron chi connectivity index (χ0n) is 9.28. The predicted molar refractivity (Wildman–Crippen MR) is 65.5 cm³/mol. The van der Waals surface area contributed by atoms with E-state index in [4.69, 9.17) is 32.7 Å². The summed E-state index contributed by atoms with van der Waals surface area (Å²) in [5.74, 6) is -1.17. The van der Waals surface area contributed by atoms with Crippen molar-refractivity contribution in [3.8, 4) is 0 Å². The Bertz CT molecular complexity index is 531. The van der Waals surface area contributed by atoms with Crippen LogP contribution < -0.4 is 0 Å². The fourth-order valence-corrected chi connectivity index (χ4v) is 1.93. The summed E-state index contributed by atoms with van der Waals surface area (Å²) in [6.07, 6.45) is 0.426. The standard InChI is InChI=1S/C12H8Cl2O4/c1-6-2-10(17-11(6)15)18-12(16)7-3-8(13)5-9(14)4-7/h2-5,10H,1H3/t10-/m0/s1. The van der Waals surface area contributed by atoms with Gasteiger partial charge in [-0.05, 0) is 25.1 Å². The van der Waals surface area contributed by atoms with Gasteiger partial charge in [0.05, 0.1) is 5.56 Å². The average molecular weight is 287 g/mol. The van der Waals surface area contributed by atoms with Gasteiger partial charge in [0.2, 0.25) is 0 Å². The molecule has 0 spiro atoms. The van der Waals surface area contributed by atoms with E-state index in [2.05, 4.69) is 0 Å². The van der Waals surface area contributed by atoms with Crippen molar-refractivity contribution in [3.63, 3.8) is 0 Å². The SMILES string of the molecule is CC1=C[C@H](OC(=O)c2cc(Cl)cc(Cl)c2)OC1=O. The number of hydrogen-bond donors (Lipinski definition) is 0. The van der Waals surface area contributed by atoms with Crippen LogP contribution in [0.3, 0.4) is 0 Å². The molecule has 0 fully saturated rings. The van der Waals surface area contributed by atoms with E-state index in [-0.39, 0.29) is 5.56 Å². The van der Waals surface area contributed by atoms with E-state index < -0.39 is 18.2 Å². The molecule has 1 aliphatic rings. The monoisotopic (exact) mass is 286 g/mol. The van der Waals surface area contributed by atoms with Crippen LogP contribution >= 0.6 is 23.2 Å². The molecular weight excluding hydrogens is 279 g/mol. The molecule has 0 N–H and O–H groups in total. The van der Waals surface area contributed by atoms with Crippen molar-refractivity contribution in [3.05, 3.63) is 45.5 Å². The molecule has 1 atom stereocenters. The zero-order valence-corrected chi connectivity index (χ0v) is 10.8. The Morgan fingerprint density at radius 2 is 1.89 bits per heavy atom. The van der Waals surface area contributed by atoms with Gasteiger partial charge in [-0.15, -0.1) is 0 Å². The van der Waals surface area contributed by atoms with E-state index >= 15 is 0 Å². The lowest BCUT2D eigenvalue weighted by atomic mass is 10.2. The molecular formula is C12H8Cl2O4. The summed E-state index contributed by atoms with van der Waals surface area (Å²) in [6.45, 7) is 1.58. The minimum absolute atomic E-state index is 0.196. The van der Waals surface area contributed by atoms with Crippen LogP contribution in [-0.2, 0) is 14.3 Å². The van der Waals surface area contributed by atoms with Crippen molar-refractivity contribution in [2.45, 2.75) is 13.2 Å². The predicted octanol–water partition coefficient (Wildman–Crippen LogP) is 2.98. The lowest BCUT2D eigenvalue weighted by Crippen LogP contribution is -2.17. The van der Waals surface area contributed by atoms with Crippen molar-refractivity contribution in [1.82, 2.24) is 0 Å². The first kappa shape index (κ1) is 12.9. The fourth-order valence-electron chi connectivity index (χ4n) is 1.41. The van der Waals surface area contributed by atoms with Gasteiger partial charge in [0.15, 0.2) is 0 Å². The van der Waals surface area contributed by atoms with Crippen molar-refractivity contribution in [2.75, 3.05) is 0 Å². The Balaban J connectivity index is 2.11. The summed E-state index contributed by atoms with van der Waals surface area (Å²) in [6, 6.07) is 4.34. The van der Waals surface area contributed by atoms with Crippen molar-refractivity contribution in [2.24, 2.45) is 0 Å². The molecule has 4 nitrogen and oxygen atoms in total. The summed E-state index contributed by atoms with van der Waals surface area (Å²) >= 11 is 11.5. The first-order valence-corrected chi connectivity index (χ1v) is 5.78. The summed E-state index contributed by atoms with van der Waals surface area (Å²) < 4.78 is 9.76. The van der Waals surface area contributed by atoms with Crippen LogP contribution in [-0.4, -0.2) is 18.2 Å².